The van der Waals surface area contributed by atoms with Gasteiger partial charge in [-0.15, -0.1) is 5.73 Å². The van der Waals surface area contributed by atoms with Gasteiger partial charge in [0.05, 0.1) is 0 Å². The first kappa shape index (κ1) is 20.6. The molecule has 5 heteroatoms. The van der Waals surface area contributed by atoms with E-state index in [1.165, 1.54) is 0 Å². The highest BCUT2D eigenvalue weighted by Crippen LogP contribution is 2.25. The fourth-order valence-corrected chi connectivity index (χ4v) is 3.40. The Morgan fingerprint density at radius 2 is 1.77 bits per heavy atom. The third-order valence-electron chi connectivity index (χ3n) is 4.88. The molecule has 0 unspecified atom stereocenters. The average molecular weight is 396 g/mol. The van der Waals surface area contributed by atoms with Gasteiger partial charge in [0.25, 0.3) is 5.91 Å². The minimum Gasteiger partial charge on any atom is -0.384 e. The molecule has 0 bridgehead atoms. The van der Waals surface area contributed by atoms with Crippen LogP contribution in [-0.4, -0.2) is 16.3 Å². The van der Waals surface area contributed by atoms with Crippen molar-refractivity contribution in [3.8, 4) is 0 Å². The maximum atomic E-state index is 12.0. The van der Waals surface area contributed by atoms with Crippen LogP contribution in [0.3, 0.4) is 0 Å². The minimum atomic E-state index is -0.481. The summed E-state index contributed by atoms with van der Waals surface area (Å²) in [7, 11) is 0. The third-order valence-corrected chi connectivity index (χ3v) is 4.88. The van der Waals surface area contributed by atoms with Crippen LogP contribution in [0.5, 0.6) is 0 Å². The zero-order chi connectivity index (χ0) is 21.7. The van der Waals surface area contributed by atoms with E-state index in [9.17, 15) is 4.79 Å². The largest absolute Gasteiger partial charge is 0.384 e. The van der Waals surface area contributed by atoms with Crippen molar-refractivity contribution in [2.75, 3.05) is 0 Å². The van der Waals surface area contributed by atoms with Crippen LogP contribution in [-0.2, 0) is 6.54 Å². The Balaban J connectivity index is 0.000000589. The lowest BCUT2D eigenvalue weighted by Crippen LogP contribution is -2.17. The Morgan fingerprint density at radius 3 is 2.43 bits per heavy atom. The molecule has 0 aliphatic carbocycles. The number of nitrogens with zero attached hydrogens (tertiary/aromatic N) is 1. The number of benzene rings is 3. The van der Waals surface area contributed by atoms with E-state index in [4.69, 9.17) is 16.9 Å². The molecule has 4 aromatic rings. The number of nitrogens with two attached hydrogens (primary N) is 2. The molecule has 1 heterocycles. The van der Waals surface area contributed by atoms with Crippen LogP contribution >= 0.6 is 0 Å². The molecule has 4 rings (SSSR count). The van der Waals surface area contributed by atoms with Crippen molar-refractivity contribution < 1.29 is 4.79 Å². The lowest BCUT2D eigenvalue weighted by Gasteiger charge is -2.12. The van der Waals surface area contributed by atoms with Gasteiger partial charge in [-0.2, -0.15) is 0 Å². The molecular weight excluding hydrogens is 372 g/mol. The number of nitrogen functional groups attached to an aromatic ring is 1. The standard InChI is InChI=1S/C21H18N4O.C4H6/c22-20(23)15-9-8-14-10-19(21(24)26)25(18(14)11-15)12-16-6-3-5-13-4-1-2-7-17(13)16;1-3-4-2/h1-11H,12H2,(H3,22,23)(H2,24,26);4H,1H2,2H3. The molecule has 0 saturated carbocycles. The monoisotopic (exact) mass is 396 g/mol. The van der Waals surface area contributed by atoms with Crippen LogP contribution in [0.2, 0.25) is 0 Å². The number of fused-ring (bicyclic) bond motifs is 2. The van der Waals surface area contributed by atoms with Gasteiger partial charge in [-0.3, -0.25) is 10.2 Å². The zero-order valence-electron chi connectivity index (χ0n) is 16.9. The first-order valence-corrected chi connectivity index (χ1v) is 9.50. The Labute approximate surface area is 175 Å². The first-order chi connectivity index (χ1) is 14.5. The predicted molar refractivity (Wildman–Crippen MR) is 124 cm³/mol. The van der Waals surface area contributed by atoms with Gasteiger partial charge in [-0.1, -0.05) is 61.2 Å². The molecule has 1 aromatic heterocycles. The van der Waals surface area contributed by atoms with Crippen molar-refractivity contribution in [2.45, 2.75) is 13.5 Å². The van der Waals surface area contributed by atoms with E-state index in [0.717, 1.165) is 27.2 Å². The normalized spacial score (nSPS) is 10.2. The summed E-state index contributed by atoms with van der Waals surface area (Å²) in [5.41, 5.74) is 16.8. The number of hydrogen-bond acceptors (Lipinski definition) is 2. The second kappa shape index (κ2) is 8.95. The van der Waals surface area contributed by atoms with Crippen LogP contribution in [0.1, 0.15) is 28.5 Å². The molecule has 3 aromatic carbocycles. The van der Waals surface area contributed by atoms with Crippen molar-refractivity contribution in [1.29, 1.82) is 5.41 Å². The molecule has 0 aliphatic rings. The van der Waals surface area contributed by atoms with Crippen LogP contribution in [0, 0.1) is 5.41 Å². The van der Waals surface area contributed by atoms with Crippen molar-refractivity contribution in [2.24, 2.45) is 11.5 Å². The minimum absolute atomic E-state index is 0.00886. The molecule has 0 aliphatic heterocycles. The summed E-state index contributed by atoms with van der Waals surface area (Å²) < 4.78 is 1.89. The number of carbonyl (C=O) groups is 1. The van der Waals surface area contributed by atoms with Crippen molar-refractivity contribution >= 4 is 33.4 Å². The summed E-state index contributed by atoms with van der Waals surface area (Å²) in [4.78, 5) is 12.0. The molecule has 30 heavy (non-hydrogen) atoms. The molecule has 0 atom stereocenters. The lowest BCUT2D eigenvalue weighted by molar-refractivity contribution is 0.0992. The number of primary amides is 1. The number of aromatic nitrogens is 1. The van der Waals surface area contributed by atoms with E-state index < -0.39 is 5.91 Å². The highest BCUT2D eigenvalue weighted by molar-refractivity contribution is 6.02. The molecular formula is C25H24N4O. The van der Waals surface area contributed by atoms with Crippen molar-refractivity contribution in [3.05, 3.63) is 102 Å². The Morgan fingerprint density at radius 1 is 1.07 bits per heavy atom. The van der Waals surface area contributed by atoms with E-state index in [-0.39, 0.29) is 5.84 Å². The molecule has 150 valence electrons. The maximum absolute atomic E-state index is 12.0. The summed E-state index contributed by atoms with van der Waals surface area (Å²) in [6.07, 6.45) is 1.76. The molecule has 0 spiro atoms. The summed E-state index contributed by atoms with van der Waals surface area (Å²) >= 11 is 0. The van der Waals surface area contributed by atoms with Gasteiger partial charge in [-0.25, -0.2) is 0 Å². The van der Waals surface area contributed by atoms with Crippen molar-refractivity contribution in [1.82, 2.24) is 4.57 Å². The van der Waals surface area contributed by atoms with Crippen LogP contribution < -0.4 is 11.5 Å². The van der Waals surface area contributed by atoms with Crippen LogP contribution in [0.25, 0.3) is 21.7 Å². The number of allylic oxidation sites excluding steroid dienone is 1. The summed E-state index contributed by atoms with van der Waals surface area (Å²) in [6.45, 7) is 5.69. The van der Waals surface area contributed by atoms with Gasteiger partial charge in [0.1, 0.15) is 11.5 Å². The van der Waals surface area contributed by atoms with Gasteiger partial charge in [0.2, 0.25) is 0 Å². The van der Waals surface area contributed by atoms with E-state index in [1.807, 2.05) is 47.9 Å². The predicted octanol–water partition coefficient (Wildman–Crippen LogP) is 4.57. The smallest absolute Gasteiger partial charge is 0.265 e. The number of hydrogen-bond donors (Lipinski definition) is 3. The number of amides is 1. The maximum Gasteiger partial charge on any atom is 0.265 e. The summed E-state index contributed by atoms with van der Waals surface area (Å²) in [5.74, 6) is -0.490. The lowest BCUT2D eigenvalue weighted by atomic mass is 10.0. The van der Waals surface area contributed by atoms with E-state index in [0.29, 0.717) is 17.8 Å². The fraction of sp³-hybridized carbons (Fsp3) is 0.0800. The summed E-state index contributed by atoms with van der Waals surface area (Å²) in [5, 5.41) is 10.9. The quantitative estimate of drug-likeness (QED) is 0.267. The highest BCUT2D eigenvalue weighted by atomic mass is 16.1. The molecule has 0 fully saturated rings. The van der Waals surface area contributed by atoms with Gasteiger partial charge in [-0.05, 0) is 41.5 Å². The molecule has 5 nitrogen and oxygen atoms in total. The number of nitrogens with one attached hydrogen (secondary N) is 1. The average Bonchev–Trinajstić information content (AvgIpc) is 3.12. The number of carbonyl (C=O) groups excluding carboxylic acids is 1. The van der Waals surface area contributed by atoms with Crippen LogP contribution in [0.15, 0.2) is 85.1 Å². The Kier molecular flexibility index (Phi) is 6.16. The molecule has 0 saturated heterocycles. The molecule has 5 N–H and O–H groups in total. The van der Waals surface area contributed by atoms with Crippen LogP contribution in [0.4, 0.5) is 0 Å². The topological polar surface area (TPSA) is 97.9 Å². The third kappa shape index (κ3) is 4.17. The molecule has 0 radical (unpaired) electrons. The number of amidine groups is 1. The van der Waals surface area contributed by atoms with Gasteiger partial charge >= 0.3 is 0 Å². The highest BCUT2D eigenvalue weighted by Gasteiger charge is 2.15. The second-order valence-corrected chi connectivity index (χ2v) is 6.80. The Hall–Kier alpha value is -4.08. The summed E-state index contributed by atoms with van der Waals surface area (Å²) in [6, 6.07) is 21.5. The first-order valence-electron chi connectivity index (χ1n) is 9.50. The SMILES string of the molecule is C=C=CC.N=C(N)c1ccc2cc(C(N)=O)n(Cc3cccc4ccccc34)c2c1. The molecule has 1 amide bonds. The van der Waals surface area contributed by atoms with E-state index in [1.54, 1.807) is 18.2 Å². The number of rotatable bonds is 4. The van der Waals surface area contributed by atoms with Gasteiger partial charge in [0.15, 0.2) is 0 Å². The van der Waals surface area contributed by atoms with Gasteiger partial charge < -0.3 is 16.0 Å². The zero-order valence-corrected chi connectivity index (χ0v) is 16.9. The van der Waals surface area contributed by atoms with Crippen molar-refractivity contribution in [3.63, 3.8) is 0 Å². The van der Waals surface area contributed by atoms with Gasteiger partial charge in [0, 0.05) is 23.0 Å². The fourth-order valence-electron chi connectivity index (χ4n) is 3.40. The van der Waals surface area contributed by atoms with E-state index >= 15 is 0 Å². The van der Waals surface area contributed by atoms with E-state index in [2.05, 4.69) is 30.5 Å². The Bertz CT molecular complexity index is 1290. The second-order valence-electron chi connectivity index (χ2n) is 6.80.